The van der Waals surface area contributed by atoms with E-state index in [0.717, 1.165) is 62.3 Å². The molecular weight excluding hydrogens is 454 g/mol. The first-order chi connectivity index (χ1) is 17.4. The third-order valence-electron chi connectivity index (χ3n) is 9.29. The Balaban J connectivity index is 1.50. The number of nitrogens with zero attached hydrogens (tertiary/aromatic N) is 3. The van der Waals surface area contributed by atoms with Gasteiger partial charge in [-0.2, -0.15) is 0 Å². The second-order valence-electron chi connectivity index (χ2n) is 11.4. The van der Waals surface area contributed by atoms with Gasteiger partial charge in [0.05, 0.1) is 19.6 Å². The highest BCUT2D eigenvalue weighted by Gasteiger charge is 2.76. The average molecular weight is 497 g/mol. The van der Waals surface area contributed by atoms with E-state index in [0.29, 0.717) is 37.8 Å². The number of hydrogen-bond acceptors (Lipinski definition) is 7. The van der Waals surface area contributed by atoms with Crippen LogP contribution < -0.4 is 22.1 Å². The Morgan fingerprint density at radius 3 is 2.72 bits per heavy atom. The number of amides is 2. The SMILES string of the molecule is Cc1nc(N)ccc1C[N+]1(C(=O)[C@@H](CC2CCCCC2)NCC2=NCCN2)CCC[C@@H]2C[C@@]21C(N)=O. The molecule has 0 radical (unpaired) electrons. The summed E-state index contributed by atoms with van der Waals surface area (Å²) in [5.74, 6) is 1.84. The van der Waals surface area contributed by atoms with Crippen LogP contribution in [0.1, 0.15) is 69.0 Å². The highest BCUT2D eigenvalue weighted by Crippen LogP contribution is 2.59. The van der Waals surface area contributed by atoms with Crippen LogP contribution in [0, 0.1) is 18.8 Å². The van der Waals surface area contributed by atoms with Gasteiger partial charge in [0.15, 0.2) is 5.54 Å². The molecule has 36 heavy (non-hydrogen) atoms. The highest BCUT2D eigenvalue weighted by atomic mass is 16.2. The number of aryl methyl sites for hydroxylation is 1. The van der Waals surface area contributed by atoms with Gasteiger partial charge < -0.3 is 16.8 Å². The van der Waals surface area contributed by atoms with E-state index in [9.17, 15) is 9.59 Å². The summed E-state index contributed by atoms with van der Waals surface area (Å²) in [6.07, 6.45) is 9.41. The van der Waals surface area contributed by atoms with Crippen LogP contribution in [0.25, 0.3) is 0 Å². The normalized spacial score (nSPS) is 30.7. The van der Waals surface area contributed by atoms with Gasteiger partial charge in [0.2, 0.25) is 0 Å². The fraction of sp³-hybridized carbons (Fsp3) is 0.704. The number of primary amides is 1. The number of quaternary nitrogens is 1. The maximum atomic E-state index is 14.8. The number of fused-ring (bicyclic) bond motifs is 1. The number of anilines is 1. The Bertz CT molecular complexity index is 1040. The van der Waals surface area contributed by atoms with Crippen LogP contribution >= 0.6 is 0 Å². The molecule has 2 aliphatic carbocycles. The first kappa shape index (κ1) is 25.1. The molecule has 0 bridgehead atoms. The van der Waals surface area contributed by atoms with Gasteiger partial charge >= 0.3 is 5.91 Å². The number of carbonyl (C=O) groups excluding carboxylic acids is 2. The summed E-state index contributed by atoms with van der Waals surface area (Å²) in [7, 11) is 0. The predicted octanol–water partition coefficient (Wildman–Crippen LogP) is 1.78. The van der Waals surface area contributed by atoms with Crippen LogP contribution in [0.3, 0.4) is 0 Å². The average Bonchev–Trinajstić information content (AvgIpc) is 3.42. The minimum atomic E-state index is -0.821. The maximum absolute atomic E-state index is 14.8. The van der Waals surface area contributed by atoms with Crippen molar-refractivity contribution in [3.8, 4) is 0 Å². The van der Waals surface area contributed by atoms with Gasteiger partial charge in [-0.15, -0.1) is 0 Å². The lowest BCUT2D eigenvalue weighted by Crippen LogP contribution is -2.71. The molecule has 9 heteroatoms. The van der Waals surface area contributed by atoms with Crippen LogP contribution in [-0.2, 0) is 16.1 Å². The molecular formula is C27H42N7O2+. The molecule has 0 aromatic carbocycles. The molecule has 4 aliphatic rings. The Labute approximate surface area is 214 Å². The molecule has 9 nitrogen and oxygen atoms in total. The molecule has 2 saturated carbocycles. The van der Waals surface area contributed by atoms with Gasteiger partial charge in [0.1, 0.15) is 24.2 Å². The monoisotopic (exact) mass is 496 g/mol. The van der Waals surface area contributed by atoms with Crippen molar-refractivity contribution in [1.29, 1.82) is 0 Å². The van der Waals surface area contributed by atoms with Crippen molar-refractivity contribution in [2.45, 2.75) is 82.8 Å². The second-order valence-corrected chi connectivity index (χ2v) is 11.4. The van der Waals surface area contributed by atoms with E-state index >= 15 is 0 Å². The lowest BCUT2D eigenvalue weighted by atomic mass is 9.83. The van der Waals surface area contributed by atoms with Crippen LogP contribution in [0.15, 0.2) is 17.1 Å². The minimum absolute atomic E-state index is 0.101. The first-order valence-electron chi connectivity index (χ1n) is 13.8. The summed E-state index contributed by atoms with van der Waals surface area (Å²) in [5.41, 5.74) is 13.0. The number of carbonyl (C=O) groups is 2. The summed E-state index contributed by atoms with van der Waals surface area (Å²) in [6, 6.07) is 3.40. The van der Waals surface area contributed by atoms with Gasteiger partial charge in [-0.05, 0) is 44.2 Å². The molecule has 1 aromatic heterocycles. The topological polar surface area (TPSA) is 135 Å². The van der Waals surface area contributed by atoms with E-state index in [4.69, 9.17) is 11.5 Å². The largest absolute Gasteiger partial charge is 0.384 e. The molecule has 2 amide bonds. The Kier molecular flexibility index (Phi) is 7.05. The van der Waals surface area contributed by atoms with Gasteiger partial charge in [0.25, 0.3) is 5.91 Å². The lowest BCUT2D eigenvalue weighted by molar-refractivity contribution is -0.900. The van der Waals surface area contributed by atoms with Crippen molar-refractivity contribution in [2.24, 2.45) is 22.6 Å². The molecule has 1 unspecified atom stereocenters. The number of aliphatic imine (C=N–C) groups is 1. The van der Waals surface area contributed by atoms with Crippen molar-refractivity contribution in [3.63, 3.8) is 0 Å². The number of likely N-dealkylation sites (tertiary alicyclic amines) is 1. The number of amidine groups is 1. The van der Waals surface area contributed by atoms with E-state index in [-0.39, 0.29) is 28.3 Å². The van der Waals surface area contributed by atoms with Crippen LogP contribution in [0.5, 0.6) is 0 Å². The zero-order valence-electron chi connectivity index (χ0n) is 21.6. The van der Waals surface area contributed by atoms with E-state index in [1.807, 2.05) is 13.0 Å². The predicted molar refractivity (Wildman–Crippen MR) is 140 cm³/mol. The Hall–Kier alpha value is -2.52. The smallest absolute Gasteiger partial charge is 0.331 e. The molecule has 196 valence electrons. The number of nitrogen functional groups attached to an aromatic ring is 1. The summed E-state index contributed by atoms with van der Waals surface area (Å²) >= 11 is 0. The van der Waals surface area contributed by atoms with Crippen molar-refractivity contribution in [1.82, 2.24) is 15.6 Å². The van der Waals surface area contributed by atoms with E-state index in [1.165, 1.54) is 19.3 Å². The molecule has 2 aliphatic heterocycles. The van der Waals surface area contributed by atoms with Gasteiger partial charge in [-0.1, -0.05) is 32.1 Å². The Morgan fingerprint density at radius 1 is 1.22 bits per heavy atom. The number of rotatable bonds is 9. The number of piperidine rings is 1. The van der Waals surface area contributed by atoms with E-state index in [1.54, 1.807) is 6.07 Å². The van der Waals surface area contributed by atoms with Crippen LogP contribution in [-0.4, -0.2) is 64.9 Å². The van der Waals surface area contributed by atoms with Gasteiger partial charge in [-0.3, -0.25) is 15.1 Å². The van der Waals surface area contributed by atoms with Crippen LogP contribution in [0.2, 0.25) is 0 Å². The molecule has 3 heterocycles. The van der Waals surface area contributed by atoms with Crippen LogP contribution in [0.4, 0.5) is 5.82 Å². The third-order valence-corrected chi connectivity index (χ3v) is 9.29. The second kappa shape index (κ2) is 10.1. The van der Waals surface area contributed by atoms with E-state index in [2.05, 4.69) is 20.6 Å². The minimum Gasteiger partial charge on any atom is -0.384 e. The lowest BCUT2D eigenvalue weighted by Gasteiger charge is -2.46. The zero-order valence-corrected chi connectivity index (χ0v) is 21.6. The summed E-state index contributed by atoms with van der Waals surface area (Å²) in [6.45, 7) is 5.14. The molecule has 1 saturated heterocycles. The summed E-state index contributed by atoms with van der Waals surface area (Å²) in [4.78, 5) is 36.9. The maximum Gasteiger partial charge on any atom is 0.331 e. The third kappa shape index (κ3) is 4.52. The highest BCUT2D eigenvalue weighted by molar-refractivity contribution is 5.91. The number of nitrogens with two attached hydrogens (primary N) is 2. The molecule has 5 rings (SSSR count). The molecule has 6 N–H and O–H groups in total. The van der Waals surface area contributed by atoms with Crippen molar-refractivity contribution < 1.29 is 14.1 Å². The number of hydrogen-bond donors (Lipinski definition) is 4. The molecule has 4 atom stereocenters. The number of nitrogens with one attached hydrogen (secondary N) is 2. The quantitative estimate of drug-likeness (QED) is 0.385. The number of aromatic nitrogens is 1. The van der Waals surface area contributed by atoms with Gasteiger partial charge in [0, 0.05) is 30.1 Å². The summed E-state index contributed by atoms with van der Waals surface area (Å²) < 4.78 is 0.101. The summed E-state index contributed by atoms with van der Waals surface area (Å²) in [5, 5.41) is 6.91. The Morgan fingerprint density at radius 2 is 2.03 bits per heavy atom. The first-order valence-corrected chi connectivity index (χ1v) is 13.8. The fourth-order valence-corrected chi connectivity index (χ4v) is 7.28. The molecule has 1 aromatic rings. The van der Waals surface area contributed by atoms with Gasteiger partial charge in [-0.25, -0.2) is 14.3 Å². The van der Waals surface area contributed by atoms with Crippen molar-refractivity contribution in [3.05, 3.63) is 23.4 Å². The number of pyridine rings is 1. The molecule has 3 fully saturated rings. The van der Waals surface area contributed by atoms with E-state index < -0.39 is 5.54 Å². The standard InChI is InChI=1S/C27H41N7O2/c1-18-20(9-10-23(28)33-18)17-34(13-5-8-21-15-27(21,34)26(29)36)25(35)22(14-19-6-3-2-4-7-19)32-16-24-30-11-12-31-24/h9-10,19,21-22,32H,2-8,11-17H2,1H3,(H4-,28,29,30,31,33,36)/p+1/t21-,22-,27+,34?/m1/s1. The molecule has 0 spiro atoms. The van der Waals surface area contributed by atoms with Crippen molar-refractivity contribution in [2.75, 3.05) is 31.9 Å². The fourth-order valence-electron chi connectivity index (χ4n) is 7.28. The van der Waals surface area contributed by atoms with Crippen molar-refractivity contribution >= 4 is 23.5 Å². The zero-order chi connectivity index (χ0) is 25.3.